The SMILES string of the molecule is CC1(C)Cc2nc3sc4c(=O)n(CC(=O)Nc5cccc(Cl)c5)cnc4c3cc2CO1. The van der Waals surface area contributed by atoms with Crippen molar-refractivity contribution in [2.75, 3.05) is 5.32 Å². The lowest BCUT2D eigenvalue weighted by Gasteiger charge is -2.30. The van der Waals surface area contributed by atoms with Crippen LogP contribution in [0.4, 0.5) is 5.69 Å². The zero-order valence-electron chi connectivity index (χ0n) is 16.9. The van der Waals surface area contributed by atoms with Crippen molar-refractivity contribution in [3.8, 4) is 0 Å². The topological polar surface area (TPSA) is 86.1 Å². The van der Waals surface area contributed by atoms with Crippen molar-refractivity contribution in [2.24, 2.45) is 0 Å². The van der Waals surface area contributed by atoms with Crippen molar-refractivity contribution in [2.45, 2.75) is 39.0 Å². The van der Waals surface area contributed by atoms with E-state index < -0.39 is 0 Å². The molecule has 4 heterocycles. The normalized spacial score (nSPS) is 15.2. The minimum Gasteiger partial charge on any atom is -0.370 e. The fourth-order valence-corrected chi connectivity index (χ4v) is 4.98. The average molecular weight is 455 g/mol. The molecule has 5 rings (SSSR count). The summed E-state index contributed by atoms with van der Waals surface area (Å²) < 4.78 is 7.69. The van der Waals surface area contributed by atoms with E-state index >= 15 is 0 Å². The van der Waals surface area contributed by atoms with E-state index in [0.717, 1.165) is 21.5 Å². The molecular formula is C22H19ClN4O3S. The summed E-state index contributed by atoms with van der Waals surface area (Å²) in [6.07, 6.45) is 2.13. The first-order valence-corrected chi connectivity index (χ1v) is 11.0. The number of pyridine rings is 1. The van der Waals surface area contributed by atoms with E-state index in [4.69, 9.17) is 21.3 Å². The highest BCUT2D eigenvalue weighted by Gasteiger charge is 2.28. The number of amides is 1. The smallest absolute Gasteiger partial charge is 0.271 e. The van der Waals surface area contributed by atoms with Gasteiger partial charge in [-0.2, -0.15) is 0 Å². The second-order valence-electron chi connectivity index (χ2n) is 8.19. The van der Waals surface area contributed by atoms with Gasteiger partial charge in [0.2, 0.25) is 5.91 Å². The Bertz CT molecular complexity index is 1410. The van der Waals surface area contributed by atoms with E-state index in [1.807, 2.05) is 19.9 Å². The number of rotatable bonds is 3. The lowest BCUT2D eigenvalue weighted by molar-refractivity contribution is -0.116. The number of ether oxygens (including phenoxy) is 1. The first-order valence-electron chi connectivity index (χ1n) is 9.79. The zero-order valence-corrected chi connectivity index (χ0v) is 18.5. The molecule has 1 aliphatic rings. The van der Waals surface area contributed by atoms with Gasteiger partial charge in [0.1, 0.15) is 16.1 Å². The van der Waals surface area contributed by atoms with E-state index in [0.29, 0.717) is 34.0 Å². The van der Waals surface area contributed by atoms with Crippen LogP contribution in [0.25, 0.3) is 20.4 Å². The molecule has 1 amide bonds. The maximum atomic E-state index is 13.0. The van der Waals surface area contributed by atoms with Crippen LogP contribution in [0.1, 0.15) is 25.1 Å². The van der Waals surface area contributed by atoms with Crippen molar-refractivity contribution >= 4 is 55.0 Å². The van der Waals surface area contributed by atoms with Gasteiger partial charge < -0.3 is 10.1 Å². The highest BCUT2D eigenvalue weighted by atomic mass is 35.5. The number of halogens is 1. The van der Waals surface area contributed by atoms with Crippen LogP contribution >= 0.6 is 22.9 Å². The summed E-state index contributed by atoms with van der Waals surface area (Å²) in [5.74, 6) is -0.334. The second kappa shape index (κ2) is 7.40. The number of anilines is 1. The Morgan fingerprint density at radius 2 is 2.19 bits per heavy atom. The Morgan fingerprint density at radius 1 is 1.35 bits per heavy atom. The fourth-order valence-electron chi connectivity index (χ4n) is 3.71. The Hall–Kier alpha value is -2.81. The highest BCUT2D eigenvalue weighted by molar-refractivity contribution is 7.25. The molecule has 0 spiro atoms. The number of carbonyl (C=O) groups is 1. The van der Waals surface area contributed by atoms with E-state index in [-0.39, 0.29) is 23.6 Å². The Labute approximate surface area is 186 Å². The minimum absolute atomic E-state index is 0.144. The van der Waals surface area contributed by atoms with Crippen LogP contribution in [-0.4, -0.2) is 26.0 Å². The monoisotopic (exact) mass is 454 g/mol. The molecular weight excluding hydrogens is 436 g/mol. The summed E-state index contributed by atoms with van der Waals surface area (Å²) >= 11 is 7.26. The summed E-state index contributed by atoms with van der Waals surface area (Å²) in [7, 11) is 0. The summed E-state index contributed by atoms with van der Waals surface area (Å²) in [4.78, 5) is 35.5. The van der Waals surface area contributed by atoms with Crippen molar-refractivity contribution in [3.63, 3.8) is 0 Å². The van der Waals surface area contributed by atoms with E-state index in [1.165, 1.54) is 22.2 Å². The average Bonchev–Trinajstić information content (AvgIpc) is 3.06. The van der Waals surface area contributed by atoms with Crippen LogP contribution in [0.5, 0.6) is 0 Å². The molecule has 0 radical (unpaired) electrons. The molecule has 158 valence electrons. The maximum absolute atomic E-state index is 13.0. The van der Waals surface area contributed by atoms with Gasteiger partial charge in [-0.3, -0.25) is 14.2 Å². The van der Waals surface area contributed by atoms with Crippen LogP contribution in [0.15, 0.2) is 41.5 Å². The third kappa shape index (κ3) is 3.82. The number of aromatic nitrogens is 3. The molecule has 7 nitrogen and oxygen atoms in total. The molecule has 1 aromatic carbocycles. The lowest BCUT2D eigenvalue weighted by atomic mass is 9.95. The number of thiophene rings is 1. The van der Waals surface area contributed by atoms with Gasteiger partial charge in [0.05, 0.1) is 29.7 Å². The van der Waals surface area contributed by atoms with E-state index in [2.05, 4.69) is 10.3 Å². The van der Waals surface area contributed by atoms with Crippen molar-refractivity contribution in [1.29, 1.82) is 0 Å². The maximum Gasteiger partial charge on any atom is 0.271 e. The van der Waals surface area contributed by atoms with E-state index in [9.17, 15) is 9.59 Å². The Kier molecular flexibility index (Phi) is 4.80. The molecule has 4 aromatic rings. The minimum atomic E-state index is -0.334. The van der Waals surface area contributed by atoms with Crippen LogP contribution in [0.2, 0.25) is 5.02 Å². The summed E-state index contributed by atoms with van der Waals surface area (Å²) in [5.41, 5.74) is 2.68. The van der Waals surface area contributed by atoms with Crippen molar-refractivity contribution in [3.05, 3.63) is 63.3 Å². The molecule has 31 heavy (non-hydrogen) atoms. The van der Waals surface area contributed by atoms with Crippen LogP contribution in [-0.2, 0) is 29.1 Å². The second-order valence-corrected chi connectivity index (χ2v) is 9.62. The van der Waals surface area contributed by atoms with Crippen LogP contribution in [0.3, 0.4) is 0 Å². The lowest BCUT2D eigenvalue weighted by Crippen LogP contribution is -2.32. The number of fused-ring (bicyclic) bond motifs is 4. The first-order chi connectivity index (χ1) is 14.8. The molecule has 0 unspecified atom stereocenters. The molecule has 0 aliphatic carbocycles. The third-order valence-electron chi connectivity index (χ3n) is 5.24. The molecule has 3 aromatic heterocycles. The standard InChI is InChI=1S/C22H19ClN4O3S/c1-22(2)8-16-12(10-30-22)6-15-18-19(31-20(15)26-16)21(29)27(11-24-18)9-17(28)25-14-5-3-4-13(23)7-14/h3-7,11H,8-10H2,1-2H3,(H,25,28). The molecule has 0 saturated heterocycles. The number of carbonyl (C=O) groups excluding carboxylic acids is 1. The highest BCUT2D eigenvalue weighted by Crippen LogP contribution is 2.34. The van der Waals surface area contributed by atoms with Gasteiger partial charge in [-0.15, -0.1) is 11.3 Å². The molecule has 0 bridgehead atoms. The van der Waals surface area contributed by atoms with Gasteiger partial charge in [0, 0.05) is 28.1 Å². The van der Waals surface area contributed by atoms with Gasteiger partial charge in [0.25, 0.3) is 5.56 Å². The van der Waals surface area contributed by atoms with Crippen molar-refractivity contribution in [1.82, 2.24) is 14.5 Å². The third-order valence-corrected chi connectivity index (χ3v) is 6.55. The van der Waals surface area contributed by atoms with Gasteiger partial charge in [-0.05, 0) is 38.1 Å². The predicted octanol–water partition coefficient (Wildman–Crippen LogP) is 4.15. The predicted molar refractivity (Wildman–Crippen MR) is 122 cm³/mol. The Morgan fingerprint density at radius 3 is 3.00 bits per heavy atom. The first kappa shape index (κ1) is 20.1. The number of nitrogens with one attached hydrogen (secondary N) is 1. The zero-order chi connectivity index (χ0) is 21.8. The fraction of sp³-hybridized carbons (Fsp3) is 0.273. The molecule has 0 atom stereocenters. The van der Waals surface area contributed by atoms with Crippen LogP contribution < -0.4 is 10.9 Å². The Balaban J connectivity index is 1.48. The summed E-state index contributed by atoms with van der Waals surface area (Å²) in [5, 5.41) is 4.11. The number of nitrogens with zero attached hydrogens (tertiary/aromatic N) is 3. The van der Waals surface area contributed by atoms with Gasteiger partial charge in [-0.1, -0.05) is 17.7 Å². The number of hydrogen-bond acceptors (Lipinski definition) is 6. The van der Waals surface area contributed by atoms with E-state index in [1.54, 1.807) is 24.3 Å². The van der Waals surface area contributed by atoms with Crippen molar-refractivity contribution < 1.29 is 9.53 Å². The molecule has 9 heteroatoms. The van der Waals surface area contributed by atoms with Gasteiger partial charge in [0.15, 0.2) is 0 Å². The number of hydrogen-bond donors (Lipinski definition) is 1. The molecule has 1 aliphatic heterocycles. The molecule has 0 saturated carbocycles. The number of benzene rings is 1. The largest absolute Gasteiger partial charge is 0.370 e. The van der Waals surface area contributed by atoms with Crippen LogP contribution in [0, 0.1) is 0 Å². The summed E-state index contributed by atoms with van der Waals surface area (Å²) in [6.45, 7) is 4.43. The van der Waals surface area contributed by atoms with Gasteiger partial charge >= 0.3 is 0 Å². The molecule has 1 N–H and O–H groups in total. The molecule has 0 fully saturated rings. The quantitative estimate of drug-likeness (QED) is 0.502. The van der Waals surface area contributed by atoms with Gasteiger partial charge in [-0.25, -0.2) is 9.97 Å². The summed E-state index contributed by atoms with van der Waals surface area (Å²) in [6, 6.07) is 8.87.